The number of rotatable bonds is 29. The Kier molecular flexibility index (Phi) is 26.6. The SMILES string of the molecule is CCCCCCCCCCCCCCCCCCC(=O)O[C@H](COC(=O)CCCCCCC)COP(=O)(O)O. The fraction of sp³-hybridized carbons (Fsp3) is 0.933. The standard InChI is InChI=1S/C30H59O8P/c1-3-5-7-9-10-11-12-13-14-15-16-17-18-19-21-23-25-30(32)38-28(27-37-39(33,34)35)26-36-29(31)24-22-20-8-6-4-2/h28H,3-27H2,1-2H3,(H2,33,34,35)/t28-/m1/s1. The lowest BCUT2D eigenvalue weighted by Gasteiger charge is -2.18. The van der Waals surface area contributed by atoms with Crippen LogP contribution in [0.4, 0.5) is 0 Å². The van der Waals surface area contributed by atoms with E-state index in [1.54, 1.807) is 0 Å². The fourth-order valence-corrected chi connectivity index (χ4v) is 4.85. The summed E-state index contributed by atoms with van der Waals surface area (Å²) in [5.74, 6) is -0.892. The molecule has 0 bridgehead atoms. The number of carbonyl (C=O) groups is 2. The molecule has 8 nitrogen and oxygen atoms in total. The topological polar surface area (TPSA) is 119 Å². The van der Waals surface area contributed by atoms with Gasteiger partial charge in [0, 0.05) is 12.8 Å². The van der Waals surface area contributed by atoms with Crippen LogP contribution in [0, 0.1) is 0 Å². The van der Waals surface area contributed by atoms with Crippen molar-refractivity contribution in [1.82, 2.24) is 0 Å². The van der Waals surface area contributed by atoms with Crippen LogP contribution < -0.4 is 0 Å². The summed E-state index contributed by atoms with van der Waals surface area (Å²) in [7, 11) is -4.73. The summed E-state index contributed by atoms with van der Waals surface area (Å²) in [6.07, 6.45) is 24.4. The van der Waals surface area contributed by atoms with E-state index in [2.05, 4.69) is 18.4 Å². The number of phosphoric ester groups is 1. The van der Waals surface area contributed by atoms with Gasteiger partial charge in [0.2, 0.25) is 0 Å². The van der Waals surface area contributed by atoms with Gasteiger partial charge >= 0.3 is 19.8 Å². The van der Waals surface area contributed by atoms with Gasteiger partial charge in [-0.1, -0.05) is 136 Å². The van der Waals surface area contributed by atoms with Crippen LogP contribution in [0.5, 0.6) is 0 Å². The second-order valence-electron chi connectivity index (χ2n) is 10.8. The van der Waals surface area contributed by atoms with E-state index in [-0.39, 0.29) is 19.4 Å². The zero-order valence-corrected chi connectivity index (χ0v) is 25.9. The maximum atomic E-state index is 12.2. The molecule has 0 unspecified atom stereocenters. The molecule has 9 heteroatoms. The molecule has 0 aliphatic heterocycles. The van der Waals surface area contributed by atoms with Crippen LogP contribution in [-0.4, -0.2) is 41.0 Å². The van der Waals surface area contributed by atoms with Gasteiger partial charge in [-0.05, 0) is 12.8 Å². The van der Waals surface area contributed by atoms with E-state index in [0.29, 0.717) is 6.42 Å². The van der Waals surface area contributed by atoms with Crippen molar-refractivity contribution < 1.29 is 37.9 Å². The molecule has 0 aliphatic carbocycles. The van der Waals surface area contributed by atoms with Gasteiger partial charge in [0.1, 0.15) is 6.61 Å². The number of esters is 2. The van der Waals surface area contributed by atoms with Crippen LogP contribution in [0.3, 0.4) is 0 Å². The molecule has 0 spiro atoms. The van der Waals surface area contributed by atoms with E-state index < -0.39 is 32.5 Å². The summed E-state index contributed by atoms with van der Waals surface area (Å²) < 4.78 is 26.0. The van der Waals surface area contributed by atoms with Crippen molar-refractivity contribution in [3.63, 3.8) is 0 Å². The summed E-state index contributed by atoms with van der Waals surface area (Å²) in [6, 6.07) is 0. The highest BCUT2D eigenvalue weighted by molar-refractivity contribution is 7.46. The molecule has 0 aliphatic rings. The summed E-state index contributed by atoms with van der Waals surface area (Å²) in [5.41, 5.74) is 0. The molecule has 0 radical (unpaired) electrons. The lowest BCUT2D eigenvalue weighted by molar-refractivity contribution is -0.161. The number of unbranched alkanes of at least 4 members (excludes halogenated alkanes) is 19. The Morgan fingerprint density at radius 2 is 0.923 bits per heavy atom. The monoisotopic (exact) mass is 578 g/mol. The molecule has 1 atom stereocenters. The quantitative estimate of drug-likeness (QED) is 0.0514. The normalized spacial score (nSPS) is 12.4. The van der Waals surface area contributed by atoms with Crippen LogP contribution in [0.1, 0.15) is 162 Å². The Bertz CT molecular complexity index is 622. The maximum absolute atomic E-state index is 12.2. The highest BCUT2D eigenvalue weighted by Gasteiger charge is 2.22. The average molecular weight is 579 g/mol. The molecule has 0 heterocycles. The molecule has 2 N–H and O–H groups in total. The van der Waals surface area contributed by atoms with Crippen molar-refractivity contribution in [2.75, 3.05) is 13.2 Å². The van der Waals surface area contributed by atoms with Crippen LogP contribution in [0.25, 0.3) is 0 Å². The summed E-state index contributed by atoms with van der Waals surface area (Å²) >= 11 is 0. The first kappa shape index (κ1) is 38.0. The van der Waals surface area contributed by atoms with Gasteiger partial charge in [0.05, 0.1) is 6.61 Å². The van der Waals surface area contributed by atoms with E-state index in [4.69, 9.17) is 19.3 Å². The minimum atomic E-state index is -4.73. The number of ether oxygens (including phenoxy) is 2. The largest absolute Gasteiger partial charge is 0.469 e. The molecule has 0 saturated heterocycles. The third kappa shape index (κ3) is 29.8. The molecule has 0 aromatic carbocycles. The Morgan fingerprint density at radius 1 is 0.564 bits per heavy atom. The van der Waals surface area contributed by atoms with Gasteiger partial charge in [-0.25, -0.2) is 4.57 Å². The van der Waals surface area contributed by atoms with Gasteiger partial charge in [-0.3, -0.25) is 14.1 Å². The number of phosphoric acid groups is 1. The molecule has 0 aromatic rings. The van der Waals surface area contributed by atoms with E-state index >= 15 is 0 Å². The summed E-state index contributed by atoms with van der Waals surface area (Å²) in [5, 5.41) is 0. The van der Waals surface area contributed by atoms with Crippen LogP contribution in [0.15, 0.2) is 0 Å². The van der Waals surface area contributed by atoms with Crippen molar-refractivity contribution in [1.29, 1.82) is 0 Å². The summed E-state index contributed by atoms with van der Waals surface area (Å²) in [4.78, 5) is 42.1. The zero-order valence-electron chi connectivity index (χ0n) is 25.0. The molecule has 0 amide bonds. The third-order valence-corrected chi connectivity index (χ3v) is 7.36. The molecule has 0 aromatic heterocycles. The number of carbonyl (C=O) groups excluding carboxylic acids is 2. The van der Waals surface area contributed by atoms with Crippen LogP contribution >= 0.6 is 7.82 Å². The molecule has 232 valence electrons. The molecular formula is C30H59O8P. The second kappa shape index (κ2) is 27.2. The molecule has 0 rings (SSSR count). The van der Waals surface area contributed by atoms with Crippen molar-refractivity contribution in [2.24, 2.45) is 0 Å². The summed E-state index contributed by atoms with van der Waals surface area (Å²) in [6.45, 7) is 3.57. The first-order valence-corrected chi connectivity index (χ1v) is 17.4. The van der Waals surface area contributed by atoms with Gasteiger partial charge in [-0.2, -0.15) is 0 Å². The Balaban J connectivity index is 3.89. The lowest BCUT2D eigenvalue weighted by atomic mass is 10.0. The Morgan fingerprint density at radius 3 is 1.31 bits per heavy atom. The van der Waals surface area contributed by atoms with E-state index in [9.17, 15) is 14.2 Å². The minimum Gasteiger partial charge on any atom is -0.462 e. The van der Waals surface area contributed by atoms with Crippen LogP contribution in [0.2, 0.25) is 0 Å². The first-order valence-electron chi connectivity index (χ1n) is 15.8. The number of hydrogen-bond acceptors (Lipinski definition) is 6. The smallest absolute Gasteiger partial charge is 0.462 e. The molecule has 39 heavy (non-hydrogen) atoms. The Hall–Kier alpha value is -0.950. The lowest BCUT2D eigenvalue weighted by Crippen LogP contribution is -2.29. The Labute approximate surface area is 238 Å². The van der Waals surface area contributed by atoms with Gasteiger partial charge in [0.25, 0.3) is 0 Å². The number of hydrogen-bond donors (Lipinski definition) is 2. The van der Waals surface area contributed by atoms with Gasteiger partial charge < -0.3 is 19.3 Å². The molecule has 0 saturated carbocycles. The van der Waals surface area contributed by atoms with Crippen LogP contribution in [-0.2, 0) is 28.2 Å². The predicted octanol–water partition coefficient (Wildman–Crippen LogP) is 8.56. The van der Waals surface area contributed by atoms with E-state index in [1.165, 1.54) is 83.5 Å². The molecular weight excluding hydrogens is 519 g/mol. The first-order chi connectivity index (χ1) is 18.8. The second-order valence-corrected chi connectivity index (χ2v) is 12.0. The average Bonchev–Trinajstić information content (AvgIpc) is 2.89. The van der Waals surface area contributed by atoms with Gasteiger partial charge in [-0.15, -0.1) is 0 Å². The van der Waals surface area contributed by atoms with E-state index in [0.717, 1.165) is 44.9 Å². The highest BCUT2D eigenvalue weighted by Crippen LogP contribution is 2.35. The van der Waals surface area contributed by atoms with Crippen molar-refractivity contribution >= 4 is 19.8 Å². The van der Waals surface area contributed by atoms with E-state index in [1.807, 2.05) is 0 Å². The molecule has 0 fully saturated rings. The predicted molar refractivity (Wildman–Crippen MR) is 156 cm³/mol. The zero-order chi connectivity index (χ0) is 29.0. The van der Waals surface area contributed by atoms with Gasteiger partial charge in [0.15, 0.2) is 6.10 Å². The third-order valence-electron chi connectivity index (χ3n) is 6.88. The van der Waals surface area contributed by atoms with Crippen molar-refractivity contribution in [3.8, 4) is 0 Å². The van der Waals surface area contributed by atoms with Crippen molar-refractivity contribution in [2.45, 2.75) is 168 Å². The fourth-order valence-electron chi connectivity index (χ4n) is 4.49. The highest BCUT2D eigenvalue weighted by atomic mass is 31.2. The minimum absolute atomic E-state index is 0.218. The maximum Gasteiger partial charge on any atom is 0.469 e. The van der Waals surface area contributed by atoms with Crippen molar-refractivity contribution in [3.05, 3.63) is 0 Å².